The molecule has 1 aliphatic heterocycles. The molecule has 0 atom stereocenters. The number of nitrogens with one attached hydrogen (secondary N) is 2. The zero-order valence-corrected chi connectivity index (χ0v) is 17.6. The Bertz CT molecular complexity index is 922. The Morgan fingerprint density at radius 3 is 2.22 bits per heavy atom. The number of hydrogen-bond donors (Lipinski definition) is 2. The molecule has 9 heteroatoms. The molecule has 2 aromatic rings. The first kappa shape index (κ1) is 23.6. The van der Waals surface area contributed by atoms with Crippen molar-refractivity contribution < 1.29 is 32.2 Å². The molecule has 0 radical (unpaired) electrons. The van der Waals surface area contributed by atoms with Gasteiger partial charge in [0.25, 0.3) is 0 Å². The van der Waals surface area contributed by atoms with Gasteiger partial charge in [0, 0.05) is 18.9 Å². The lowest BCUT2D eigenvalue weighted by Gasteiger charge is -2.36. The number of halogens is 3. The van der Waals surface area contributed by atoms with E-state index in [1.165, 1.54) is 0 Å². The van der Waals surface area contributed by atoms with Crippen LogP contribution >= 0.6 is 0 Å². The van der Waals surface area contributed by atoms with Gasteiger partial charge in [-0.05, 0) is 48.2 Å². The first-order valence-electron chi connectivity index (χ1n) is 10.2. The molecule has 0 aromatic heterocycles. The van der Waals surface area contributed by atoms with Gasteiger partial charge < -0.3 is 20.1 Å². The SMILES string of the molecule is COc1ccc(C2(C(=O)Nc3ccc(CC(=O)NCC(F)(F)F)cc3)CCOCC2)cc1. The maximum Gasteiger partial charge on any atom is 0.405 e. The second-order valence-electron chi connectivity index (χ2n) is 7.64. The van der Waals surface area contributed by atoms with Gasteiger partial charge in [0.2, 0.25) is 11.8 Å². The van der Waals surface area contributed by atoms with E-state index in [9.17, 15) is 22.8 Å². The second-order valence-corrected chi connectivity index (χ2v) is 7.64. The summed E-state index contributed by atoms with van der Waals surface area (Å²) in [5, 5.41) is 4.77. The van der Waals surface area contributed by atoms with Gasteiger partial charge in [-0.15, -0.1) is 0 Å². The van der Waals surface area contributed by atoms with Crippen LogP contribution in [0.1, 0.15) is 24.0 Å². The van der Waals surface area contributed by atoms with Crippen LogP contribution in [0, 0.1) is 0 Å². The number of ether oxygens (including phenoxy) is 2. The smallest absolute Gasteiger partial charge is 0.405 e. The monoisotopic (exact) mass is 450 g/mol. The first-order valence-corrected chi connectivity index (χ1v) is 10.2. The van der Waals surface area contributed by atoms with Gasteiger partial charge >= 0.3 is 6.18 Å². The third-order valence-electron chi connectivity index (χ3n) is 5.49. The summed E-state index contributed by atoms with van der Waals surface area (Å²) in [5.41, 5.74) is 1.20. The second kappa shape index (κ2) is 10.0. The van der Waals surface area contributed by atoms with Crippen molar-refractivity contribution in [1.82, 2.24) is 5.32 Å². The lowest BCUT2D eigenvalue weighted by molar-refractivity contribution is -0.138. The van der Waals surface area contributed by atoms with Crippen molar-refractivity contribution in [3.63, 3.8) is 0 Å². The van der Waals surface area contributed by atoms with E-state index in [2.05, 4.69) is 5.32 Å². The fraction of sp³-hybridized carbons (Fsp3) is 0.391. The molecule has 2 N–H and O–H groups in total. The minimum Gasteiger partial charge on any atom is -0.497 e. The molecule has 32 heavy (non-hydrogen) atoms. The quantitative estimate of drug-likeness (QED) is 0.676. The number of hydrogen-bond acceptors (Lipinski definition) is 4. The van der Waals surface area contributed by atoms with Gasteiger partial charge in [0.1, 0.15) is 12.3 Å². The standard InChI is InChI=1S/C23H25F3N2O4/c1-31-19-8-4-17(5-9-19)22(10-12-32-13-11-22)21(30)28-18-6-2-16(3-7-18)14-20(29)27-15-23(24,25)26/h2-9H,10-15H2,1H3,(H,27,29)(H,28,30). The molecule has 0 aliphatic carbocycles. The zero-order valence-electron chi connectivity index (χ0n) is 17.6. The lowest BCUT2D eigenvalue weighted by Crippen LogP contribution is -2.44. The molecular weight excluding hydrogens is 425 g/mol. The number of benzene rings is 2. The summed E-state index contributed by atoms with van der Waals surface area (Å²) in [6.07, 6.45) is -3.57. The highest BCUT2D eigenvalue weighted by atomic mass is 19.4. The Hall–Kier alpha value is -3.07. The summed E-state index contributed by atoms with van der Waals surface area (Å²) in [5.74, 6) is -0.187. The Morgan fingerprint density at radius 2 is 1.66 bits per heavy atom. The number of alkyl halides is 3. The summed E-state index contributed by atoms with van der Waals surface area (Å²) in [6, 6.07) is 13.9. The number of amides is 2. The molecule has 0 spiro atoms. The van der Waals surface area contributed by atoms with Crippen LogP contribution in [0.5, 0.6) is 5.75 Å². The third kappa shape index (κ3) is 6.00. The van der Waals surface area contributed by atoms with Gasteiger partial charge in [0.15, 0.2) is 0 Å². The molecule has 1 heterocycles. The molecule has 172 valence electrons. The van der Waals surface area contributed by atoms with Gasteiger partial charge in [-0.1, -0.05) is 24.3 Å². The third-order valence-corrected chi connectivity index (χ3v) is 5.49. The highest BCUT2D eigenvalue weighted by Gasteiger charge is 2.41. The van der Waals surface area contributed by atoms with Crippen molar-refractivity contribution in [2.45, 2.75) is 30.9 Å². The van der Waals surface area contributed by atoms with Crippen molar-refractivity contribution in [3.8, 4) is 5.75 Å². The Kier molecular flexibility index (Phi) is 7.40. The number of carbonyl (C=O) groups excluding carboxylic acids is 2. The van der Waals surface area contributed by atoms with E-state index in [1.807, 2.05) is 29.6 Å². The Labute approximate surface area is 184 Å². The van der Waals surface area contributed by atoms with E-state index in [-0.39, 0.29) is 12.3 Å². The molecule has 0 saturated carbocycles. The summed E-state index contributed by atoms with van der Waals surface area (Å²) in [6.45, 7) is -0.437. The van der Waals surface area contributed by atoms with E-state index >= 15 is 0 Å². The predicted octanol–water partition coefficient (Wildman–Crippen LogP) is 3.60. The van der Waals surface area contributed by atoms with Gasteiger partial charge in [-0.2, -0.15) is 13.2 Å². The van der Waals surface area contributed by atoms with Crippen molar-refractivity contribution in [3.05, 3.63) is 59.7 Å². The summed E-state index contributed by atoms with van der Waals surface area (Å²) in [7, 11) is 1.58. The van der Waals surface area contributed by atoms with Crippen LogP contribution in [0.3, 0.4) is 0 Å². The molecule has 2 amide bonds. The van der Waals surface area contributed by atoms with E-state index < -0.39 is 24.0 Å². The maximum absolute atomic E-state index is 13.3. The average molecular weight is 450 g/mol. The van der Waals surface area contributed by atoms with E-state index in [0.717, 1.165) is 5.56 Å². The molecule has 0 unspecified atom stereocenters. The van der Waals surface area contributed by atoms with Crippen molar-refractivity contribution in [2.24, 2.45) is 0 Å². The fourth-order valence-corrected chi connectivity index (χ4v) is 3.68. The van der Waals surface area contributed by atoms with Crippen LogP contribution in [-0.2, 0) is 26.2 Å². The molecule has 6 nitrogen and oxygen atoms in total. The molecule has 0 bridgehead atoms. The van der Waals surface area contributed by atoms with Gasteiger partial charge in [-0.3, -0.25) is 9.59 Å². The summed E-state index contributed by atoms with van der Waals surface area (Å²) < 4.78 is 47.3. The normalized spacial score (nSPS) is 15.6. The van der Waals surface area contributed by atoms with Crippen molar-refractivity contribution >= 4 is 17.5 Å². The minimum absolute atomic E-state index is 0.165. The number of carbonyl (C=O) groups is 2. The zero-order chi connectivity index (χ0) is 23.2. The number of anilines is 1. The van der Waals surface area contributed by atoms with Gasteiger partial charge in [-0.25, -0.2) is 0 Å². The topological polar surface area (TPSA) is 76.7 Å². The average Bonchev–Trinajstić information content (AvgIpc) is 2.79. The van der Waals surface area contributed by atoms with Crippen LogP contribution in [-0.4, -0.2) is 44.9 Å². The van der Waals surface area contributed by atoms with Crippen LogP contribution in [0.2, 0.25) is 0 Å². The maximum atomic E-state index is 13.3. The van der Waals surface area contributed by atoms with Crippen LogP contribution in [0.25, 0.3) is 0 Å². The van der Waals surface area contributed by atoms with Gasteiger partial charge in [0.05, 0.1) is 18.9 Å². The van der Waals surface area contributed by atoms with Crippen LogP contribution < -0.4 is 15.4 Å². The molecule has 1 fully saturated rings. The lowest BCUT2D eigenvalue weighted by atomic mass is 9.73. The number of methoxy groups -OCH3 is 1. The molecule has 1 aliphatic rings. The summed E-state index contributed by atoms with van der Waals surface area (Å²) >= 11 is 0. The fourth-order valence-electron chi connectivity index (χ4n) is 3.68. The van der Waals surface area contributed by atoms with Crippen molar-refractivity contribution in [1.29, 1.82) is 0 Å². The largest absolute Gasteiger partial charge is 0.497 e. The molecule has 1 saturated heterocycles. The molecule has 2 aromatic carbocycles. The Morgan fingerprint density at radius 1 is 1.03 bits per heavy atom. The molecular formula is C23H25F3N2O4. The van der Waals surface area contributed by atoms with E-state index in [1.54, 1.807) is 31.4 Å². The van der Waals surface area contributed by atoms with Crippen molar-refractivity contribution in [2.75, 3.05) is 32.2 Å². The van der Waals surface area contributed by atoms with Crippen LogP contribution in [0.15, 0.2) is 48.5 Å². The number of rotatable bonds is 7. The highest BCUT2D eigenvalue weighted by molar-refractivity contribution is 5.99. The van der Waals surface area contributed by atoms with E-state index in [0.29, 0.717) is 43.1 Å². The van der Waals surface area contributed by atoms with E-state index in [4.69, 9.17) is 9.47 Å². The highest BCUT2D eigenvalue weighted by Crippen LogP contribution is 2.37. The van der Waals surface area contributed by atoms with Crippen LogP contribution in [0.4, 0.5) is 18.9 Å². The first-order chi connectivity index (χ1) is 15.2. The minimum atomic E-state index is -4.45. The predicted molar refractivity (Wildman–Crippen MR) is 113 cm³/mol. The molecule has 3 rings (SSSR count). The Balaban J connectivity index is 1.68. The summed E-state index contributed by atoms with van der Waals surface area (Å²) in [4.78, 5) is 25.0.